The molecule has 2 unspecified atom stereocenters. The molecule has 0 saturated heterocycles. The van der Waals surface area contributed by atoms with Gasteiger partial charge in [-0.3, -0.25) is 4.79 Å². The molecule has 0 N–H and O–H groups in total. The minimum absolute atomic E-state index is 0.0366. The Hall–Kier alpha value is -1.31. The molecular weight excluding hydrogens is 224 g/mol. The number of benzene rings is 1. The summed E-state index contributed by atoms with van der Waals surface area (Å²) in [7, 11) is 0. The van der Waals surface area contributed by atoms with Gasteiger partial charge < -0.3 is 4.74 Å². The van der Waals surface area contributed by atoms with Crippen molar-refractivity contribution < 1.29 is 9.53 Å². The second-order valence-electron chi connectivity index (χ2n) is 5.49. The van der Waals surface area contributed by atoms with Crippen LogP contribution in [0, 0.1) is 5.92 Å². The largest absolute Gasteiger partial charge is 0.462 e. The Morgan fingerprint density at radius 1 is 1.22 bits per heavy atom. The maximum absolute atomic E-state index is 12.3. The van der Waals surface area contributed by atoms with E-state index in [1.165, 1.54) is 0 Å². The van der Waals surface area contributed by atoms with Gasteiger partial charge in [-0.15, -0.1) is 0 Å². The van der Waals surface area contributed by atoms with Gasteiger partial charge >= 0.3 is 5.97 Å². The summed E-state index contributed by atoms with van der Waals surface area (Å²) in [6.07, 6.45) is 0.978. The summed E-state index contributed by atoms with van der Waals surface area (Å²) in [5.41, 5.74) is 0.398. The number of rotatable bonds is 5. The van der Waals surface area contributed by atoms with E-state index in [4.69, 9.17) is 4.74 Å². The van der Waals surface area contributed by atoms with Crippen molar-refractivity contribution in [3.8, 4) is 0 Å². The summed E-state index contributed by atoms with van der Waals surface area (Å²) in [4.78, 5) is 12.3. The van der Waals surface area contributed by atoms with Crippen LogP contribution >= 0.6 is 0 Å². The molecule has 0 aliphatic rings. The number of carbonyl (C=O) groups is 1. The van der Waals surface area contributed by atoms with Crippen molar-refractivity contribution in [2.75, 3.05) is 0 Å². The third-order valence-electron chi connectivity index (χ3n) is 3.74. The first-order valence-corrected chi connectivity index (χ1v) is 6.66. The van der Waals surface area contributed by atoms with E-state index in [-0.39, 0.29) is 12.1 Å². The van der Waals surface area contributed by atoms with Gasteiger partial charge in [0.1, 0.15) is 6.10 Å². The fraction of sp³-hybridized carbons (Fsp3) is 0.562. The van der Waals surface area contributed by atoms with E-state index in [2.05, 4.69) is 13.8 Å². The standard InChI is InChI=1S/C16H24O2/c1-6-12(2)13(3)18-15(17)16(4,5)14-10-8-7-9-11-14/h7-13H,6H2,1-5H3. The van der Waals surface area contributed by atoms with Crippen LogP contribution in [0.5, 0.6) is 0 Å². The zero-order chi connectivity index (χ0) is 13.8. The zero-order valence-corrected chi connectivity index (χ0v) is 12.1. The highest BCUT2D eigenvalue weighted by molar-refractivity contribution is 5.82. The molecule has 0 aliphatic carbocycles. The molecule has 0 bridgehead atoms. The van der Waals surface area contributed by atoms with E-state index in [9.17, 15) is 4.79 Å². The first-order valence-electron chi connectivity index (χ1n) is 6.66. The van der Waals surface area contributed by atoms with Crippen molar-refractivity contribution >= 4 is 5.97 Å². The molecule has 0 radical (unpaired) electrons. The van der Waals surface area contributed by atoms with E-state index in [0.717, 1.165) is 12.0 Å². The zero-order valence-electron chi connectivity index (χ0n) is 12.1. The van der Waals surface area contributed by atoms with Gasteiger partial charge in [0, 0.05) is 0 Å². The van der Waals surface area contributed by atoms with E-state index in [1.807, 2.05) is 51.1 Å². The Labute approximate surface area is 110 Å². The second-order valence-corrected chi connectivity index (χ2v) is 5.49. The predicted octanol–water partition coefficient (Wildman–Crippen LogP) is 3.94. The SMILES string of the molecule is CCC(C)C(C)OC(=O)C(C)(C)c1ccccc1. The van der Waals surface area contributed by atoms with E-state index >= 15 is 0 Å². The molecule has 0 fully saturated rings. The Morgan fingerprint density at radius 2 is 1.78 bits per heavy atom. The van der Waals surface area contributed by atoms with Crippen LogP contribution in [0.3, 0.4) is 0 Å². The van der Waals surface area contributed by atoms with E-state index < -0.39 is 5.41 Å². The molecule has 2 nitrogen and oxygen atoms in total. The quantitative estimate of drug-likeness (QED) is 0.738. The van der Waals surface area contributed by atoms with Crippen molar-refractivity contribution in [3.63, 3.8) is 0 Å². The predicted molar refractivity (Wildman–Crippen MR) is 74.5 cm³/mol. The molecule has 0 heterocycles. The lowest BCUT2D eigenvalue weighted by Gasteiger charge is -2.27. The average Bonchev–Trinajstić information content (AvgIpc) is 2.38. The second kappa shape index (κ2) is 6.03. The Balaban J connectivity index is 2.77. The maximum atomic E-state index is 12.3. The summed E-state index contributed by atoms with van der Waals surface area (Å²) >= 11 is 0. The van der Waals surface area contributed by atoms with Crippen molar-refractivity contribution in [3.05, 3.63) is 35.9 Å². The first-order chi connectivity index (χ1) is 8.39. The summed E-state index contributed by atoms with van der Waals surface area (Å²) in [5.74, 6) is 0.238. The molecule has 2 heteroatoms. The van der Waals surface area contributed by atoms with Gasteiger partial charge in [-0.1, -0.05) is 50.6 Å². The third-order valence-corrected chi connectivity index (χ3v) is 3.74. The number of ether oxygens (including phenoxy) is 1. The van der Waals surface area contributed by atoms with Crippen LogP contribution in [0.1, 0.15) is 46.6 Å². The molecule has 0 spiro atoms. The number of esters is 1. The Kier molecular flexibility index (Phi) is 4.94. The van der Waals surface area contributed by atoms with Gasteiger partial charge in [-0.25, -0.2) is 0 Å². The molecular formula is C16H24O2. The van der Waals surface area contributed by atoms with Gasteiger partial charge in [0.05, 0.1) is 5.41 Å². The average molecular weight is 248 g/mol. The maximum Gasteiger partial charge on any atom is 0.316 e. The van der Waals surface area contributed by atoms with Crippen molar-refractivity contribution in [1.82, 2.24) is 0 Å². The van der Waals surface area contributed by atoms with Crippen LogP contribution in [0.25, 0.3) is 0 Å². The lowest BCUT2D eigenvalue weighted by molar-refractivity contribution is -0.156. The topological polar surface area (TPSA) is 26.3 Å². The lowest BCUT2D eigenvalue weighted by Crippen LogP contribution is -2.35. The van der Waals surface area contributed by atoms with Crippen LogP contribution in [0.2, 0.25) is 0 Å². The highest BCUT2D eigenvalue weighted by Crippen LogP contribution is 2.26. The molecule has 1 aromatic carbocycles. The molecule has 2 atom stereocenters. The fourth-order valence-corrected chi connectivity index (χ4v) is 1.74. The fourth-order valence-electron chi connectivity index (χ4n) is 1.74. The van der Waals surface area contributed by atoms with Crippen LogP contribution < -0.4 is 0 Å². The minimum atomic E-state index is -0.594. The van der Waals surface area contributed by atoms with Crippen LogP contribution in [0.15, 0.2) is 30.3 Å². The summed E-state index contributed by atoms with van der Waals surface area (Å²) in [6, 6.07) is 9.78. The molecule has 0 aromatic heterocycles. The molecule has 0 saturated carbocycles. The lowest BCUT2D eigenvalue weighted by atomic mass is 9.84. The number of hydrogen-bond acceptors (Lipinski definition) is 2. The van der Waals surface area contributed by atoms with Gasteiger partial charge in [-0.05, 0) is 32.3 Å². The molecule has 18 heavy (non-hydrogen) atoms. The first kappa shape index (κ1) is 14.7. The Bertz CT molecular complexity index is 381. The summed E-state index contributed by atoms with van der Waals surface area (Å²) in [6.45, 7) is 10.00. The van der Waals surface area contributed by atoms with Crippen LogP contribution in [-0.4, -0.2) is 12.1 Å². The molecule has 0 aliphatic heterocycles. The van der Waals surface area contributed by atoms with Crippen molar-refractivity contribution in [2.45, 2.75) is 52.6 Å². The molecule has 0 amide bonds. The minimum Gasteiger partial charge on any atom is -0.462 e. The highest BCUT2D eigenvalue weighted by atomic mass is 16.5. The molecule has 100 valence electrons. The van der Waals surface area contributed by atoms with Gasteiger partial charge in [0.15, 0.2) is 0 Å². The summed E-state index contributed by atoms with van der Waals surface area (Å²) in [5, 5.41) is 0. The van der Waals surface area contributed by atoms with Crippen molar-refractivity contribution in [2.24, 2.45) is 5.92 Å². The Morgan fingerprint density at radius 3 is 2.28 bits per heavy atom. The van der Waals surface area contributed by atoms with Crippen LogP contribution in [-0.2, 0) is 14.9 Å². The molecule has 1 aromatic rings. The normalized spacial score (nSPS) is 14.9. The van der Waals surface area contributed by atoms with Gasteiger partial charge in [0.2, 0.25) is 0 Å². The smallest absolute Gasteiger partial charge is 0.316 e. The van der Waals surface area contributed by atoms with Crippen LogP contribution in [0.4, 0.5) is 0 Å². The van der Waals surface area contributed by atoms with Gasteiger partial charge in [0.25, 0.3) is 0 Å². The summed E-state index contributed by atoms with van der Waals surface area (Å²) < 4.78 is 5.58. The van der Waals surface area contributed by atoms with E-state index in [1.54, 1.807) is 0 Å². The van der Waals surface area contributed by atoms with E-state index in [0.29, 0.717) is 5.92 Å². The highest BCUT2D eigenvalue weighted by Gasteiger charge is 2.33. The number of hydrogen-bond donors (Lipinski definition) is 0. The molecule has 1 rings (SSSR count). The van der Waals surface area contributed by atoms with Gasteiger partial charge in [-0.2, -0.15) is 0 Å². The number of carbonyl (C=O) groups excluding carboxylic acids is 1. The third kappa shape index (κ3) is 3.34. The van der Waals surface area contributed by atoms with Crippen molar-refractivity contribution in [1.29, 1.82) is 0 Å². The monoisotopic (exact) mass is 248 g/mol.